The third kappa shape index (κ3) is 3.83. The fraction of sp³-hybridized carbons (Fsp3) is 0.0588. The maximum absolute atomic E-state index is 12.4. The van der Waals surface area contributed by atoms with Gasteiger partial charge in [-0.25, -0.2) is 9.97 Å². The van der Waals surface area contributed by atoms with Crippen molar-refractivity contribution in [1.82, 2.24) is 9.97 Å². The SMILES string of the molecule is O=S(=O)(Oc1cccc(-c2cccc(-c3ccccc3)n2)n1)C(F)(F)F. The number of nitrogens with zero attached hydrogens (tertiary/aromatic N) is 2. The van der Waals surface area contributed by atoms with Crippen LogP contribution in [0.1, 0.15) is 0 Å². The summed E-state index contributed by atoms with van der Waals surface area (Å²) in [6.07, 6.45) is 0. The lowest BCUT2D eigenvalue weighted by Crippen LogP contribution is -2.28. The van der Waals surface area contributed by atoms with Gasteiger partial charge in [-0.2, -0.15) is 21.6 Å². The van der Waals surface area contributed by atoms with Crippen LogP contribution in [0.15, 0.2) is 66.7 Å². The van der Waals surface area contributed by atoms with E-state index in [4.69, 9.17) is 0 Å². The number of rotatable bonds is 4. The van der Waals surface area contributed by atoms with Crippen LogP contribution in [0.2, 0.25) is 0 Å². The first-order valence-corrected chi connectivity index (χ1v) is 8.68. The van der Waals surface area contributed by atoms with Crippen molar-refractivity contribution >= 4 is 10.1 Å². The van der Waals surface area contributed by atoms with E-state index in [2.05, 4.69) is 14.2 Å². The van der Waals surface area contributed by atoms with Crippen LogP contribution in [-0.4, -0.2) is 23.9 Å². The van der Waals surface area contributed by atoms with E-state index in [-0.39, 0.29) is 5.69 Å². The standard InChI is InChI=1S/C17H11F3N2O3S/c18-17(19,20)26(23,24)25-16-11-5-10-15(22-16)14-9-4-8-13(21-14)12-6-2-1-3-7-12/h1-11H. The zero-order chi connectivity index (χ0) is 18.8. The van der Waals surface area contributed by atoms with Gasteiger partial charge in [0.05, 0.1) is 17.1 Å². The topological polar surface area (TPSA) is 69.2 Å². The highest BCUT2D eigenvalue weighted by molar-refractivity contribution is 7.87. The van der Waals surface area contributed by atoms with Gasteiger partial charge in [0.1, 0.15) is 0 Å². The lowest BCUT2D eigenvalue weighted by atomic mass is 10.1. The minimum Gasteiger partial charge on any atom is -0.355 e. The summed E-state index contributed by atoms with van der Waals surface area (Å²) in [6.45, 7) is 0. The number of hydrogen-bond acceptors (Lipinski definition) is 5. The molecule has 2 aromatic heterocycles. The first kappa shape index (κ1) is 17.9. The van der Waals surface area contributed by atoms with Gasteiger partial charge in [-0.1, -0.05) is 42.5 Å². The zero-order valence-electron chi connectivity index (χ0n) is 13.0. The second kappa shape index (κ2) is 6.75. The van der Waals surface area contributed by atoms with Gasteiger partial charge in [0, 0.05) is 11.6 Å². The Kier molecular flexibility index (Phi) is 4.64. The van der Waals surface area contributed by atoms with Crippen LogP contribution < -0.4 is 4.18 Å². The summed E-state index contributed by atoms with van der Waals surface area (Å²) >= 11 is 0. The van der Waals surface area contributed by atoms with Gasteiger partial charge in [-0.15, -0.1) is 0 Å². The van der Waals surface area contributed by atoms with Crippen molar-refractivity contribution in [1.29, 1.82) is 0 Å². The molecule has 26 heavy (non-hydrogen) atoms. The second-order valence-corrected chi connectivity index (χ2v) is 6.66. The van der Waals surface area contributed by atoms with Crippen molar-refractivity contribution in [3.8, 4) is 28.5 Å². The summed E-state index contributed by atoms with van der Waals surface area (Å²) in [5.74, 6) is -0.688. The smallest absolute Gasteiger partial charge is 0.355 e. The van der Waals surface area contributed by atoms with E-state index in [1.54, 1.807) is 18.2 Å². The highest BCUT2D eigenvalue weighted by Gasteiger charge is 2.48. The van der Waals surface area contributed by atoms with Crippen LogP contribution >= 0.6 is 0 Å². The first-order valence-electron chi connectivity index (χ1n) is 7.27. The number of halogens is 3. The molecule has 134 valence electrons. The molecule has 0 atom stereocenters. The molecule has 0 saturated heterocycles. The molecule has 0 saturated carbocycles. The summed E-state index contributed by atoms with van der Waals surface area (Å²) in [6, 6.07) is 18.2. The molecule has 5 nitrogen and oxygen atoms in total. The van der Waals surface area contributed by atoms with Crippen LogP contribution in [0.4, 0.5) is 13.2 Å². The van der Waals surface area contributed by atoms with Gasteiger partial charge in [-0.05, 0) is 18.2 Å². The van der Waals surface area contributed by atoms with E-state index in [0.717, 1.165) is 11.6 Å². The molecule has 0 aliphatic rings. The number of benzene rings is 1. The van der Waals surface area contributed by atoms with Gasteiger partial charge in [-0.3, -0.25) is 0 Å². The molecule has 0 aliphatic heterocycles. The van der Waals surface area contributed by atoms with E-state index >= 15 is 0 Å². The van der Waals surface area contributed by atoms with E-state index < -0.39 is 21.5 Å². The maximum Gasteiger partial charge on any atom is 0.534 e. The third-order valence-electron chi connectivity index (χ3n) is 3.28. The highest BCUT2D eigenvalue weighted by Crippen LogP contribution is 2.27. The Labute approximate surface area is 147 Å². The molecule has 0 spiro atoms. The Morgan fingerprint density at radius 1 is 0.731 bits per heavy atom. The highest BCUT2D eigenvalue weighted by atomic mass is 32.2. The largest absolute Gasteiger partial charge is 0.534 e. The van der Waals surface area contributed by atoms with Gasteiger partial charge in [0.2, 0.25) is 5.88 Å². The lowest BCUT2D eigenvalue weighted by Gasteiger charge is -2.09. The average molecular weight is 380 g/mol. The molecule has 9 heteroatoms. The van der Waals surface area contributed by atoms with Crippen molar-refractivity contribution in [3.63, 3.8) is 0 Å². The summed E-state index contributed by atoms with van der Waals surface area (Å²) < 4.78 is 63.6. The zero-order valence-corrected chi connectivity index (χ0v) is 13.8. The molecule has 1 aromatic carbocycles. The molecule has 3 aromatic rings. The van der Waals surface area contributed by atoms with Crippen LogP contribution in [0.5, 0.6) is 5.88 Å². The Balaban J connectivity index is 1.94. The normalized spacial score (nSPS) is 12.0. The second-order valence-electron chi connectivity index (χ2n) is 5.12. The predicted octanol–water partition coefficient (Wildman–Crippen LogP) is 4.04. The van der Waals surface area contributed by atoms with Gasteiger partial charge in [0.15, 0.2) is 0 Å². The summed E-state index contributed by atoms with van der Waals surface area (Å²) in [4.78, 5) is 8.22. The Morgan fingerprint density at radius 3 is 1.96 bits per heavy atom. The summed E-state index contributed by atoms with van der Waals surface area (Å²) in [7, 11) is -5.78. The van der Waals surface area contributed by atoms with E-state index in [1.165, 1.54) is 12.1 Å². The van der Waals surface area contributed by atoms with Crippen molar-refractivity contribution in [2.45, 2.75) is 5.51 Å². The maximum atomic E-state index is 12.4. The lowest BCUT2D eigenvalue weighted by molar-refractivity contribution is -0.0501. The van der Waals surface area contributed by atoms with Crippen molar-refractivity contribution in [2.24, 2.45) is 0 Å². The van der Waals surface area contributed by atoms with Crippen LogP contribution in [0, 0.1) is 0 Å². The van der Waals surface area contributed by atoms with Gasteiger partial charge < -0.3 is 4.18 Å². The Bertz CT molecular complexity index is 1020. The fourth-order valence-electron chi connectivity index (χ4n) is 2.11. The van der Waals surface area contributed by atoms with Crippen LogP contribution in [0.25, 0.3) is 22.6 Å². The van der Waals surface area contributed by atoms with Gasteiger partial charge >= 0.3 is 15.6 Å². The summed E-state index contributed by atoms with van der Waals surface area (Å²) in [5.41, 5.74) is -3.50. The minimum absolute atomic E-state index is 0.178. The molecule has 0 radical (unpaired) electrons. The van der Waals surface area contributed by atoms with Gasteiger partial charge in [0.25, 0.3) is 0 Å². The number of alkyl halides is 3. The number of aromatic nitrogens is 2. The molecule has 0 bridgehead atoms. The van der Waals surface area contributed by atoms with Crippen molar-refractivity contribution in [3.05, 3.63) is 66.7 Å². The fourth-order valence-corrected chi connectivity index (χ4v) is 2.52. The van der Waals surface area contributed by atoms with Crippen LogP contribution in [-0.2, 0) is 10.1 Å². The Hall–Kier alpha value is -2.94. The molecule has 0 fully saturated rings. The predicted molar refractivity (Wildman–Crippen MR) is 88.5 cm³/mol. The molecule has 0 amide bonds. The summed E-state index contributed by atoms with van der Waals surface area (Å²) in [5, 5.41) is 0. The number of pyridine rings is 2. The van der Waals surface area contributed by atoms with E-state index in [0.29, 0.717) is 11.4 Å². The average Bonchev–Trinajstić information content (AvgIpc) is 2.61. The number of hydrogen-bond donors (Lipinski definition) is 0. The van der Waals surface area contributed by atoms with E-state index in [1.807, 2.05) is 30.3 Å². The monoisotopic (exact) mass is 380 g/mol. The minimum atomic E-state index is -5.78. The molecule has 0 aliphatic carbocycles. The molecule has 0 N–H and O–H groups in total. The first-order chi connectivity index (χ1) is 12.3. The quantitative estimate of drug-likeness (QED) is 0.505. The third-order valence-corrected chi connectivity index (χ3v) is 4.24. The Morgan fingerprint density at radius 2 is 1.31 bits per heavy atom. The molecular formula is C17H11F3N2O3S. The molecule has 3 rings (SSSR count). The molecule has 2 heterocycles. The van der Waals surface area contributed by atoms with E-state index in [9.17, 15) is 21.6 Å². The van der Waals surface area contributed by atoms with Crippen molar-refractivity contribution in [2.75, 3.05) is 0 Å². The van der Waals surface area contributed by atoms with Crippen molar-refractivity contribution < 1.29 is 25.8 Å². The molecular weight excluding hydrogens is 369 g/mol. The molecule has 0 unspecified atom stereocenters. The van der Waals surface area contributed by atoms with Crippen LogP contribution in [0.3, 0.4) is 0 Å².